The van der Waals surface area contributed by atoms with Crippen LogP contribution in [0.2, 0.25) is 0 Å². The number of nitrogens with one attached hydrogen (secondary N) is 5. The molecule has 318 valence electrons. The first-order valence-corrected chi connectivity index (χ1v) is 21.5. The van der Waals surface area contributed by atoms with Crippen molar-refractivity contribution in [3.05, 3.63) is 70.8 Å². The van der Waals surface area contributed by atoms with Crippen molar-refractivity contribution in [2.75, 3.05) is 27.2 Å². The van der Waals surface area contributed by atoms with Crippen LogP contribution in [0.25, 0.3) is 0 Å². The first kappa shape index (κ1) is 44.1. The molecular weight excluding hydrogens is 759 g/mol. The lowest BCUT2D eigenvalue weighted by Gasteiger charge is -2.42. The summed E-state index contributed by atoms with van der Waals surface area (Å²) >= 11 is 0. The topological polar surface area (TPSA) is 169 Å². The number of carbonyl (C=O) groups is 6. The van der Waals surface area contributed by atoms with Crippen molar-refractivity contribution < 1.29 is 28.8 Å². The van der Waals surface area contributed by atoms with Gasteiger partial charge in [-0.05, 0) is 119 Å². The molecule has 2 aliphatic heterocycles. The molecule has 5 amide bonds. The summed E-state index contributed by atoms with van der Waals surface area (Å²) in [6.45, 7) is 4.16. The number of rotatable bonds is 15. The monoisotopic (exact) mass is 817 g/mol. The standard InChI is InChI=1S/C47H59N7O6/c1-30(48-3)43(56)51-38(46(59)53-27-25-40(53)42(55)29-34-19-13-17-32-15-9-11-20-35(32)34)22-7-5-6-8-23-39(52-44(57)31(2)49-4)47(60)54-28-26-41(54)45(58)50-37-24-14-18-33-16-10-12-21-36(33)37/h9-12,15-16,20-21,30-31,34,37-41,48-49H,13-14,17-19,22-29H2,1-4H3,(H,50,58)(H,51,56)(H,52,57)/t30-,31-,34-,37+,38-,39-,40-,41-/m0/s1. The van der Waals surface area contributed by atoms with Crippen molar-refractivity contribution in [2.45, 2.75) is 133 Å². The summed E-state index contributed by atoms with van der Waals surface area (Å²) in [6.07, 6.45) is 7.08. The van der Waals surface area contributed by atoms with E-state index in [2.05, 4.69) is 68.5 Å². The van der Waals surface area contributed by atoms with Gasteiger partial charge in [-0.1, -0.05) is 60.4 Å². The van der Waals surface area contributed by atoms with Crippen LogP contribution in [-0.4, -0.2) is 109 Å². The van der Waals surface area contributed by atoms with Crippen LogP contribution in [0.5, 0.6) is 0 Å². The summed E-state index contributed by atoms with van der Waals surface area (Å²) < 4.78 is 0. The van der Waals surface area contributed by atoms with E-state index in [1.54, 1.807) is 32.8 Å². The van der Waals surface area contributed by atoms with E-state index >= 15 is 0 Å². The minimum atomic E-state index is -1.02. The zero-order chi connectivity index (χ0) is 42.8. The van der Waals surface area contributed by atoms with E-state index in [9.17, 15) is 28.8 Å². The number of aryl methyl sites for hydroxylation is 2. The molecule has 0 radical (unpaired) electrons. The number of amides is 5. The molecular formula is C47H59N7O6. The van der Waals surface area contributed by atoms with Crippen molar-refractivity contribution in [3.8, 4) is 23.7 Å². The molecule has 2 aromatic carbocycles. The number of ketones is 1. The van der Waals surface area contributed by atoms with Gasteiger partial charge in [-0.3, -0.25) is 28.8 Å². The number of benzene rings is 2. The number of likely N-dealkylation sites (tertiary alicyclic amines) is 2. The number of Topliss-reactive ketones (excluding diaryl/α,β-unsaturated/α-hetero) is 1. The van der Waals surface area contributed by atoms with Crippen LogP contribution in [0.4, 0.5) is 0 Å². The number of hydrogen-bond acceptors (Lipinski definition) is 8. The van der Waals surface area contributed by atoms with Gasteiger partial charge in [-0.25, -0.2) is 0 Å². The first-order chi connectivity index (χ1) is 29.0. The van der Waals surface area contributed by atoms with Gasteiger partial charge >= 0.3 is 0 Å². The minimum Gasteiger partial charge on any atom is -0.347 e. The Kier molecular flexibility index (Phi) is 15.2. The molecule has 2 heterocycles. The molecule has 60 heavy (non-hydrogen) atoms. The predicted molar refractivity (Wildman–Crippen MR) is 228 cm³/mol. The van der Waals surface area contributed by atoms with E-state index in [4.69, 9.17) is 0 Å². The van der Waals surface area contributed by atoms with Crippen molar-refractivity contribution in [2.24, 2.45) is 0 Å². The fraction of sp³-hybridized carbons (Fsp3) is 0.532. The van der Waals surface area contributed by atoms with Crippen LogP contribution in [0, 0.1) is 23.7 Å². The fourth-order valence-corrected chi connectivity index (χ4v) is 8.58. The van der Waals surface area contributed by atoms with Gasteiger partial charge in [0.1, 0.15) is 18.1 Å². The number of fused-ring (bicyclic) bond motifs is 2. The molecule has 2 aliphatic carbocycles. The third kappa shape index (κ3) is 10.4. The van der Waals surface area contributed by atoms with Gasteiger partial charge < -0.3 is 36.4 Å². The van der Waals surface area contributed by atoms with Gasteiger partial charge in [0.15, 0.2) is 5.78 Å². The minimum absolute atomic E-state index is 0.0300. The second-order valence-corrected chi connectivity index (χ2v) is 16.4. The second-order valence-electron chi connectivity index (χ2n) is 16.4. The Bertz CT molecular complexity index is 1920. The summed E-state index contributed by atoms with van der Waals surface area (Å²) in [7, 11) is 3.30. The van der Waals surface area contributed by atoms with Crippen molar-refractivity contribution in [1.29, 1.82) is 0 Å². The van der Waals surface area contributed by atoms with Gasteiger partial charge in [0.05, 0.1) is 24.2 Å². The molecule has 0 aromatic heterocycles. The third-order valence-electron chi connectivity index (χ3n) is 12.6. The Morgan fingerprint density at radius 3 is 1.70 bits per heavy atom. The lowest BCUT2D eigenvalue weighted by molar-refractivity contribution is -0.150. The molecule has 2 fully saturated rings. The Labute approximate surface area is 353 Å². The molecule has 0 unspecified atom stereocenters. The maximum Gasteiger partial charge on any atom is 0.246 e. The quantitative estimate of drug-likeness (QED) is 0.171. The normalized spacial score (nSPS) is 22.1. The fourth-order valence-electron chi connectivity index (χ4n) is 8.58. The van der Waals surface area contributed by atoms with Crippen LogP contribution in [0.15, 0.2) is 48.5 Å². The number of hydrogen-bond donors (Lipinski definition) is 5. The summed E-state index contributed by atoms with van der Waals surface area (Å²) in [4.78, 5) is 83.8. The van der Waals surface area contributed by atoms with Crippen molar-refractivity contribution >= 4 is 35.3 Å². The lowest BCUT2D eigenvalue weighted by atomic mass is 9.78. The van der Waals surface area contributed by atoms with Crippen LogP contribution in [-0.2, 0) is 41.6 Å². The lowest BCUT2D eigenvalue weighted by Crippen LogP contribution is -2.63. The largest absolute Gasteiger partial charge is 0.347 e. The van der Waals surface area contributed by atoms with Gasteiger partial charge in [-0.15, -0.1) is 0 Å². The highest BCUT2D eigenvalue weighted by molar-refractivity contribution is 5.96. The molecule has 13 nitrogen and oxygen atoms in total. The van der Waals surface area contributed by atoms with Gasteiger partial charge in [0.25, 0.3) is 0 Å². The molecule has 0 bridgehead atoms. The average Bonchev–Trinajstić information content (AvgIpc) is 3.22. The predicted octanol–water partition coefficient (Wildman–Crippen LogP) is 2.43. The molecule has 2 saturated heterocycles. The molecule has 2 aromatic rings. The molecule has 5 N–H and O–H groups in total. The molecule has 6 rings (SSSR count). The maximum atomic E-state index is 13.9. The highest BCUT2D eigenvalue weighted by atomic mass is 16.2. The third-order valence-corrected chi connectivity index (χ3v) is 12.6. The van der Waals surface area contributed by atoms with E-state index in [1.165, 1.54) is 21.6 Å². The van der Waals surface area contributed by atoms with Crippen LogP contribution < -0.4 is 26.6 Å². The van der Waals surface area contributed by atoms with Gasteiger partial charge in [-0.2, -0.15) is 0 Å². The Balaban J connectivity index is 1.09. The molecule has 0 saturated carbocycles. The number of likely N-dealkylation sites (N-methyl/N-ethyl adjacent to an activating group) is 2. The average molecular weight is 818 g/mol. The maximum absolute atomic E-state index is 13.9. The zero-order valence-electron chi connectivity index (χ0n) is 35.3. The van der Waals surface area contributed by atoms with Gasteiger partial charge in [0.2, 0.25) is 29.5 Å². The van der Waals surface area contributed by atoms with Crippen molar-refractivity contribution in [3.63, 3.8) is 0 Å². The zero-order valence-corrected chi connectivity index (χ0v) is 35.3. The Morgan fingerprint density at radius 2 is 1.17 bits per heavy atom. The SMILES string of the molecule is CN[C@@H](C)C(=O)N[C@@H](CC#CC#CC[C@H](NC(=O)[C@H](C)NC)C(=O)N1CC[C@H]1C(=O)N[C@@H]1CCCc2ccccc21)C(=O)N1CC[C@H]1C(=O)C[C@@H]1CCCc2ccccc21. The molecule has 13 heteroatoms. The smallest absolute Gasteiger partial charge is 0.246 e. The van der Waals surface area contributed by atoms with E-state index in [0.29, 0.717) is 32.4 Å². The van der Waals surface area contributed by atoms with Crippen LogP contribution in [0.3, 0.4) is 0 Å². The van der Waals surface area contributed by atoms with Crippen LogP contribution >= 0.6 is 0 Å². The summed E-state index contributed by atoms with van der Waals surface area (Å²) in [5.41, 5.74) is 4.84. The first-order valence-electron chi connectivity index (χ1n) is 21.5. The van der Waals surface area contributed by atoms with E-state index in [1.807, 2.05) is 30.3 Å². The van der Waals surface area contributed by atoms with Crippen LogP contribution in [0.1, 0.15) is 106 Å². The number of carbonyl (C=O) groups excluding carboxylic acids is 6. The van der Waals surface area contributed by atoms with E-state index in [0.717, 1.165) is 44.1 Å². The van der Waals surface area contributed by atoms with E-state index < -0.39 is 42.2 Å². The van der Waals surface area contributed by atoms with Crippen molar-refractivity contribution in [1.82, 2.24) is 36.4 Å². The number of nitrogens with zero attached hydrogens (tertiary/aromatic N) is 2. The summed E-state index contributed by atoms with van der Waals surface area (Å²) in [5, 5.41) is 14.5. The molecule has 8 atom stereocenters. The molecule has 0 spiro atoms. The Hall–Kier alpha value is -5.50. The highest BCUT2D eigenvalue weighted by Crippen LogP contribution is 2.36. The summed E-state index contributed by atoms with van der Waals surface area (Å²) in [6, 6.07) is 11.9. The van der Waals surface area contributed by atoms with E-state index in [-0.39, 0.29) is 54.2 Å². The van der Waals surface area contributed by atoms with Gasteiger partial charge in [0, 0.05) is 32.4 Å². The molecule has 4 aliphatic rings. The summed E-state index contributed by atoms with van der Waals surface area (Å²) in [5.74, 6) is 9.70. The Morgan fingerprint density at radius 1 is 0.667 bits per heavy atom. The second kappa shape index (κ2) is 20.7. The highest BCUT2D eigenvalue weighted by Gasteiger charge is 2.43.